The van der Waals surface area contributed by atoms with Crippen LogP contribution >= 0.6 is 11.6 Å². The first-order valence-electron chi connectivity index (χ1n) is 11.1. The van der Waals surface area contributed by atoms with Gasteiger partial charge in [0.25, 0.3) is 11.6 Å². The first-order valence-corrected chi connectivity index (χ1v) is 11.5. The molecule has 0 aliphatic carbocycles. The Kier molecular flexibility index (Phi) is 9.54. The fourth-order valence-electron chi connectivity index (χ4n) is 3.81. The predicted octanol–water partition coefficient (Wildman–Crippen LogP) is 4.77. The zero-order chi connectivity index (χ0) is 30.8. The highest BCUT2D eigenvalue weighted by molar-refractivity contribution is 6.31. The summed E-state index contributed by atoms with van der Waals surface area (Å²) in [6.45, 7) is 5.47. The van der Waals surface area contributed by atoms with E-state index in [-0.39, 0.29) is 21.9 Å². The number of esters is 1. The first-order chi connectivity index (χ1) is 18.3. The van der Waals surface area contributed by atoms with Gasteiger partial charge in [0.15, 0.2) is 11.3 Å². The van der Waals surface area contributed by atoms with Gasteiger partial charge in [0, 0.05) is 35.3 Å². The van der Waals surface area contributed by atoms with Crippen LogP contribution in [0.1, 0.15) is 29.5 Å². The van der Waals surface area contributed by atoms with Crippen molar-refractivity contribution in [3.8, 4) is 5.75 Å². The Hall–Kier alpha value is -3.78. The second-order valence-electron chi connectivity index (χ2n) is 8.50. The molecule has 0 amide bonds. The molecular formula is C25H24ClF6N3O5. The van der Waals surface area contributed by atoms with Crippen LogP contribution in [-0.2, 0) is 22.2 Å². The van der Waals surface area contributed by atoms with Crippen LogP contribution in [0.4, 0.5) is 26.3 Å². The number of aliphatic imine (C=N–C) groups is 1. The highest BCUT2D eigenvalue weighted by Crippen LogP contribution is 2.50. The number of hydrogen-bond donors (Lipinski definition) is 2. The number of amidine groups is 1. The predicted molar refractivity (Wildman–Crippen MR) is 134 cm³/mol. The summed E-state index contributed by atoms with van der Waals surface area (Å²) in [5.41, 5.74) is -2.29. The van der Waals surface area contributed by atoms with E-state index in [1.807, 2.05) is 0 Å². The summed E-state index contributed by atoms with van der Waals surface area (Å²) in [4.78, 5) is 26.8. The number of pyridine rings is 1. The molecule has 0 aliphatic rings. The number of alkyl halides is 6. The number of aromatic nitrogens is 1. The van der Waals surface area contributed by atoms with Gasteiger partial charge in [-0.15, -0.1) is 0 Å². The van der Waals surface area contributed by atoms with Crippen molar-refractivity contribution in [2.75, 3.05) is 7.11 Å². The van der Waals surface area contributed by atoms with E-state index in [4.69, 9.17) is 22.1 Å². The third kappa shape index (κ3) is 6.50. The second kappa shape index (κ2) is 11.8. The van der Waals surface area contributed by atoms with E-state index in [1.165, 1.54) is 14.0 Å². The summed E-state index contributed by atoms with van der Waals surface area (Å²) < 4.78 is 93.6. The molecule has 0 saturated heterocycles. The number of aliphatic hydroxyl groups is 1. The lowest BCUT2D eigenvalue weighted by molar-refractivity contribution is -0.274. The molecule has 0 spiro atoms. The van der Waals surface area contributed by atoms with Gasteiger partial charge in [0.2, 0.25) is 0 Å². The summed E-state index contributed by atoms with van der Waals surface area (Å²) in [6.07, 6.45) is -8.98. The number of aryl methyl sites for hydroxylation is 2. The van der Waals surface area contributed by atoms with Gasteiger partial charge >= 0.3 is 18.3 Å². The molecule has 2 rings (SSSR count). The van der Waals surface area contributed by atoms with Crippen molar-refractivity contribution >= 4 is 23.6 Å². The number of nitrogens with zero attached hydrogens (tertiary/aromatic N) is 2. The Bertz CT molecular complexity index is 1410. The Morgan fingerprint density at radius 1 is 1.23 bits per heavy atom. The van der Waals surface area contributed by atoms with Gasteiger partial charge in [-0.3, -0.25) is 4.79 Å². The maximum atomic E-state index is 14.3. The molecule has 1 heterocycles. The van der Waals surface area contributed by atoms with Gasteiger partial charge < -0.3 is 24.9 Å². The van der Waals surface area contributed by atoms with Crippen LogP contribution < -0.4 is 16.0 Å². The zero-order valence-electron chi connectivity index (χ0n) is 21.4. The van der Waals surface area contributed by atoms with Gasteiger partial charge in [-0.25, -0.2) is 4.79 Å². The minimum atomic E-state index is -5.23. The minimum absolute atomic E-state index is 0.0430. The van der Waals surface area contributed by atoms with Crippen LogP contribution in [0, 0.1) is 6.92 Å². The summed E-state index contributed by atoms with van der Waals surface area (Å²) in [5.74, 6) is -3.46. The summed E-state index contributed by atoms with van der Waals surface area (Å²) in [6, 6.07) is 2.86. The maximum absolute atomic E-state index is 14.3. The Morgan fingerprint density at radius 3 is 2.27 bits per heavy atom. The van der Waals surface area contributed by atoms with E-state index in [9.17, 15) is 41.0 Å². The van der Waals surface area contributed by atoms with E-state index >= 15 is 0 Å². The molecule has 15 heteroatoms. The topological polar surface area (TPSA) is 116 Å². The number of methoxy groups -OCH3 is 1. The molecule has 1 aromatic heterocycles. The van der Waals surface area contributed by atoms with Gasteiger partial charge in [-0.1, -0.05) is 37.2 Å². The van der Waals surface area contributed by atoms with E-state index in [2.05, 4.69) is 16.3 Å². The number of halogens is 7. The molecular weight excluding hydrogens is 572 g/mol. The molecule has 0 bridgehead atoms. The quantitative estimate of drug-likeness (QED) is 0.119. The molecule has 40 heavy (non-hydrogen) atoms. The Labute approximate surface area is 229 Å². The fraction of sp³-hybridized carbons (Fsp3) is 0.320. The first kappa shape index (κ1) is 32.4. The fourth-order valence-corrected chi connectivity index (χ4v) is 4.14. The number of benzene rings is 1. The maximum Gasteiger partial charge on any atom is 0.434 e. The molecule has 0 aliphatic heterocycles. The van der Waals surface area contributed by atoms with Crippen LogP contribution in [0.25, 0.3) is 0 Å². The summed E-state index contributed by atoms with van der Waals surface area (Å²) >= 11 is 6.19. The highest BCUT2D eigenvalue weighted by Gasteiger charge is 2.59. The molecule has 1 aromatic carbocycles. The van der Waals surface area contributed by atoms with Crippen LogP contribution in [0.15, 0.2) is 64.2 Å². The average molecular weight is 596 g/mol. The third-order valence-electron chi connectivity index (χ3n) is 5.88. The SMILES string of the molecule is C=C/C(C(=O)OC)=C(\N=C(N)Oc1ccc([C@H](C)[C@](O)(c2cc(C)c(=O)n(C)c2)C(F)(F)F)c(Cl)c1)C(F)(F)F. The van der Waals surface area contributed by atoms with Crippen molar-refractivity contribution in [2.24, 2.45) is 17.8 Å². The number of carbonyl (C=O) groups excluding carboxylic acids is 1. The van der Waals surface area contributed by atoms with Crippen LogP contribution in [0.3, 0.4) is 0 Å². The molecule has 2 atom stereocenters. The van der Waals surface area contributed by atoms with E-state index < -0.39 is 58.3 Å². The van der Waals surface area contributed by atoms with Gasteiger partial charge in [0.05, 0.1) is 12.7 Å². The lowest BCUT2D eigenvalue weighted by Gasteiger charge is -2.37. The molecule has 218 valence electrons. The monoisotopic (exact) mass is 595 g/mol. The van der Waals surface area contributed by atoms with Crippen molar-refractivity contribution in [1.29, 1.82) is 0 Å². The van der Waals surface area contributed by atoms with E-state index in [1.54, 1.807) is 0 Å². The Morgan fingerprint density at radius 2 is 1.82 bits per heavy atom. The highest BCUT2D eigenvalue weighted by atomic mass is 35.5. The van der Waals surface area contributed by atoms with Gasteiger partial charge in [-0.2, -0.15) is 31.3 Å². The zero-order valence-corrected chi connectivity index (χ0v) is 22.2. The molecule has 3 N–H and O–H groups in total. The number of hydrogen-bond acceptors (Lipinski definition) is 6. The van der Waals surface area contributed by atoms with Crippen LogP contribution in [0.2, 0.25) is 5.02 Å². The van der Waals surface area contributed by atoms with Crippen LogP contribution in [-0.4, -0.2) is 41.1 Å². The number of allylic oxidation sites excluding steroid dienone is 1. The number of carbonyl (C=O) groups is 1. The number of rotatable bonds is 7. The van der Waals surface area contributed by atoms with E-state index in [0.717, 1.165) is 49.1 Å². The second-order valence-corrected chi connectivity index (χ2v) is 8.91. The van der Waals surface area contributed by atoms with Crippen LogP contribution in [0.5, 0.6) is 5.75 Å². The summed E-state index contributed by atoms with van der Waals surface area (Å²) in [7, 11) is 2.07. The lowest BCUT2D eigenvalue weighted by atomic mass is 9.78. The number of ether oxygens (including phenoxy) is 2. The molecule has 2 aromatic rings. The third-order valence-corrected chi connectivity index (χ3v) is 6.20. The minimum Gasteiger partial charge on any atom is -0.465 e. The van der Waals surface area contributed by atoms with Gasteiger partial charge in [-0.05, 0) is 30.7 Å². The number of nitrogens with two attached hydrogens (primary N) is 1. The molecule has 0 saturated carbocycles. The molecule has 8 nitrogen and oxygen atoms in total. The van der Waals surface area contributed by atoms with Crippen molar-refractivity contribution in [2.45, 2.75) is 37.7 Å². The lowest BCUT2D eigenvalue weighted by Crippen LogP contribution is -2.47. The normalized spacial score (nSPS) is 15.6. The van der Waals surface area contributed by atoms with Crippen molar-refractivity contribution in [3.63, 3.8) is 0 Å². The van der Waals surface area contributed by atoms with Crippen molar-refractivity contribution in [1.82, 2.24) is 4.57 Å². The standard InChI is InChI=1S/C25H24ClF6N3O5/c1-6-16(21(37)39-5)19(24(27,28)29)34-22(33)40-15-7-8-17(18(26)10-15)13(3)23(38,25(30,31)32)14-9-12(2)20(36)35(4)11-14/h6-11,13,38H,1H2,2-5H3,(H2,33,34)/b19-16+/t13-,23-/m0/s1. The molecule has 0 radical (unpaired) electrons. The summed E-state index contributed by atoms with van der Waals surface area (Å²) in [5, 5.41) is 10.6. The molecule has 0 unspecified atom stereocenters. The molecule has 0 fully saturated rings. The van der Waals surface area contributed by atoms with Gasteiger partial charge in [0.1, 0.15) is 5.75 Å². The van der Waals surface area contributed by atoms with E-state index in [0.29, 0.717) is 6.08 Å². The average Bonchev–Trinajstić information content (AvgIpc) is 2.84. The Balaban J connectivity index is 2.54. The van der Waals surface area contributed by atoms with Crippen molar-refractivity contribution < 1.29 is 45.7 Å². The smallest absolute Gasteiger partial charge is 0.434 e. The van der Waals surface area contributed by atoms with Crippen molar-refractivity contribution in [3.05, 3.63) is 86.5 Å². The largest absolute Gasteiger partial charge is 0.465 e.